The molecule has 3 N–H and O–H groups in total. The van der Waals surface area contributed by atoms with Crippen molar-refractivity contribution in [2.45, 2.75) is 32.6 Å². The number of Topliss-reactive ketones (excluding diaryl/α,β-unsaturated/α-hetero) is 1. The molecule has 2 aromatic rings. The number of carbonyl (C=O) groups excluding carboxylic acids is 1. The van der Waals surface area contributed by atoms with Crippen molar-refractivity contribution < 1.29 is 24.1 Å². The third kappa shape index (κ3) is 4.03. The van der Waals surface area contributed by atoms with Crippen molar-refractivity contribution in [3.63, 3.8) is 0 Å². The SMILES string of the molecule is COc1cc(N2C(N)=C(C#N)C(c3ccc(O)cc3)C3=C2CC(C)(C)CC3=O)cc(OC)c1OC. The van der Waals surface area contributed by atoms with E-state index in [-0.39, 0.29) is 28.3 Å². The molecule has 0 saturated heterocycles. The lowest BCUT2D eigenvalue weighted by molar-refractivity contribution is -0.118. The molecule has 8 heteroatoms. The number of hydrogen-bond acceptors (Lipinski definition) is 8. The van der Waals surface area contributed by atoms with Gasteiger partial charge in [-0.2, -0.15) is 5.26 Å². The second-order valence-corrected chi connectivity index (χ2v) is 9.46. The van der Waals surface area contributed by atoms with Gasteiger partial charge in [-0.15, -0.1) is 0 Å². The van der Waals surface area contributed by atoms with E-state index in [9.17, 15) is 15.2 Å². The molecule has 1 atom stereocenters. The number of benzene rings is 2. The van der Waals surface area contributed by atoms with Gasteiger partial charge >= 0.3 is 0 Å². The normalized spacial score (nSPS) is 19.3. The molecule has 0 spiro atoms. The van der Waals surface area contributed by atoms with Crippen molar-refractivity contribution in [1.82, 2.24) is 0 Å². The number of nitrogens with two attached hydrogens (primary N) is 1. The van der Waals surface area contributed by atoms with E-state index in [0.29, 0.717) is 46.9 Å². The van der Waals surface area contributed by atoms with Crippen LogP contribution in [0.4, 0.5) is 5.69 Å². The maximum absolute atomic E-state index is 13.6. The highest BCUT2D eigenvalue weighted by Crippen LogP contribution is 2.52. The number of ether oxygens (including phenoxy) is 3. The summed E-state index contributed by atoms with van der Waals surface area (Å²) < 4.78 is 16.5. The number of aromatic hydroxyl groups is 1. The summed E-state index contributed by atoms with van der Waals surface area (Å²) in [6.45, 7) is 4.08. The first kappa shape index (κ1) is 24.0. The molecule has 1 heterocycles. The molecule has 0 radical (unpaired) electrons. The molecule has 2 aromatic carbocycles. The molecular weight excluding hydrogens is 446 g/mol. The van der Waals surface area contributed by atoms with Gasteiger partial charge in [-0.1, -0.05) is 26.0 Å². The Hall–Kier alpha value is -4.12. The Labute approximate surface area is 204 Å². The van der Waals surface area contributed by atoms with E-state index in [1.807, 2.05) is 13.8 Å². The molecule has 0 amide bonds. The molecule has 8 nitrogen and oxygen atoms in total. The number of methoxy groups -OCH3 is 3. The standard InChI is InChI=1S/C27H29N3O5/c1-27(2)12-19-24(20(32)13-27)23(15-6-8-17(31)9-7-15)18(14-28)26(29)30(19)16-10-21(33-3)25(35-5)22(11-16)34-4/h6-11,23,31H,12-13,29H2,1-5H3. The van der Waals surface area contributed by atoms with Crippen LogP contribution in [0.5, 0.6) is 23.0 Å². The first-order chi connectivity index (χ1) is 16.6. The lowest BCUT2D eigenvalue weighted by Gasteiger charge is -2.44. The Morgan fingerprint density at radius 3 is 2.17 bits per heavy atom. The first-order valence-electron chi connectivity index (χ1n) is 11.2. The molecule has 2 aliphatic rings. The zero-order valence-corrected chi connectivity index (χ0v) is 20.5. The van der Waals surface area contributed by atoms with Crippen LogP contribution in [0.25, 0.3) is 0 Å². The maximum atomic E-state index is 13.6. The lowest BCUT2D eigenvalue weighted by Crippen LogP contribution is -2.42. The predicted octanol–water partition coefficient (Wildman–Crippen LogP) is 4.36. The highest BCUT2D eigenvalue weighted by molar-refractivity contribution is 6.01. The number of anilines is 1. The van der Waals surface area contributed by atoms with E-state index >= 15 is 0 Å². The van der Waals surface area contributed by atoms with Gasteiger partial charge in [-0.3, -0.25) is 9.69 Å². The van der Waals surface area contributed by atoms with E-state index in [1.165, 1.54) is 21.3 Å². The summed E-state index contributed by atoms with van der Waals surface area (Å²) in [5, 5.41) is 20.0. The molecule has 4 rings (SSSR count). The number of nitrogens with zero attached hydrogens (tertiary/aromatic N) is 2. The maximum Gasteiger partial charge on any atom is 0.203 e. The lowest BCUT2D eigenvalue weighted by atomic mass is 9.68. The van der Waals surface area contributed by atoms with Crippen LogP contribution in [0.15, 0.2) is 59.1 Å². The Morgan fingerprint density at radius 1 is 1.06 bits per heavy atom. The summed E-state index contributed by atoms with van der Waals surface area (Å²) in [5.41, 5.74) is 9.22. The van der Waals surface area contributed by atoms with Gasteiger partial charge in [0.15, 0.2) is 17.3 Å². The van der Waals surface area contributed by atoms with E-state index in [2.05, 4.69) is 6.07 Å². The largest absolute Gasteiger partial charge is 0.508 e. The zero-order chi connectivity index (χ0) is 25.5. The molecule has 35 heavy (non-hydrogen) atoms. The van der Waals surface area contributed by atoms with Crippen LogP contribution >= 0.6 is 0 Å². The minimum absolute atomic E-state index is 0.0352. The van der Waals surface area contributed by atoms with E-state index in [4.69, 9.17) is 19.9 Å². The highest BCUT2D eigenvalue weighted by atomic mass is 16.5. The van der Waals surface area contributed by atoms with Gasteiger partial charge in [0.1, 0.15) is 11.6 Å². The van der Waals surface area contributed by atoms with E-state index in [0.717, 1.165) is 5.70 Å². The van der Waals surface area contributed by atoms with E-state index in [1.54, 1.807) is 41.3 Å². The van der Waals surface area contributed by atoms with Crippen LogP contribution in [0, 0.1) is 16.7 Å². The molecule has 1 aliphatic carbocycles. The fraction of sp³-hybridized carbons (Fsp3) is 0.333. The number of rotatable bonds is 5. The topological polar surface area (TPSA) is 118 Å². The quantitative estimate of drug-likeness (QED) is 0.655. The van der Waals surface area contributed by atoms with Crippen molar-refractivity contribution in [3.05, 3.63) is 64.6 Å². The smallest absolute Gasteiger partial charge is 0.203 e. The Kier molecular flexibility index (Phi) is 6.12. The summed E-state index contributed by atoms with van der Waals surface area (Å²) in [6, 6.07) is 12.3. The average Bonchev–Trinajstić information content (AvgIpc) is 2.82. The zero-order valence-electron chi connectivity index (χ0n) is 20.5. The molecular formula is C27H29N3O5. The molecule has 1 aliphatic heterocycles. The second kappa shape index (κ2) is 8.91. The predicted molar refractivity (Wildman–Crippen MR) is 131 cm³/mol. The number of allylic oxidation sites excluding steroid dienone is 3. The summed E-state index contributed by atoms with van der Waals surface area (Å²) in [4.78, 5) is 15.4. The summed E-state index contributed by atoms with van der Waals surface area (Å²) in [7, 11) is 4.57. The van der Waals surface area contributed by atoms with Gasteiger partial charge < -0.3 is 25.1 Å². The molecule has 0 fully saturated rings. The van der Waals surface area contributed by atoms with Crippen molar-refractivity contribution in [2.75, 3.05) is 26.2 Å². The van der Waals surface area contributed by atoms with E-state index < -0.39 is 5.92 Å². The monoisotopic (exact) mass is 475 g/mol. The van der Waals surface area contributed by atoms with Gasteiger partial charge in [0.05, 0.1) is 44.6 Å². The van der Waals surface area contributed by atoms with Crippen LogP contribution in [0.2, 0.25) is 0 Å². The van der Waals surface area contributed by atoms with Crippen LogP contribution in [-0.4, -0.2) is 32.2 Å². The third-order valence-corrected chi connectivity index (χ3v) is 6.52. The average molecular weight is 476 g/mol. The fourth-order valence-corrected chi connectivity index (χ4v) is 5.00. The number of phenols is 1. The fourth-order valence-electron chi connectivity index (χ4n) is 5.00. The molecule has 1 unspecified atom stereocenters. The minimum Gasteiger partial charge on any atom is -0.508 e. The van der Waals surface area contributed by atoms with Crippen molar-refractivity contribution in [2.24, 2.45) is 11.1 Å². The Morgan fingerprint density at radius 2 is 1.66 bits per heavy atom. The molecule has 0 bridgehead atoms. The van der Waals surface area contributed by atoms with Crippen molar-refractivity contribution in [1.29, 1.82) is 5.26 Å². The van der Waals surface area contributed by atoms with Crippen LogP contribution in [-0.2, 0) is 4.79 Å². The number of carbonyl (C=O) groups is 1. The van der Waals surface area contributed by atoms with Crippen LogP contribution in [0.3, 0.4) is 0 Å². The minimum atomic E-state index is -0.627. The first-order valence-corrected chi connectivity index (χ1v) is 11.2. The van der Waals surface area contributed by atoms with Gasteiger partial charge in [0.25, 0.3) is 0 Å². The molecule has 182 valence electrons. The Bertz CT molecular complexity index is 1260. The van der Waals surface area contributed by atoms with Gasteiger partial charge in [-0.25, -0.2) is 0 Å². The van der Waals surface area contributed by atoms with Crippen molar-refractivity contribution >= 4 is 11.5 Å². The number of ketones is 1. The van der Waals surface area contributed by atoms with Crippen LogP contribution < -0.4 is 24.8 Å². The van der Waals surface area contributed by atoms with Crippen molar-refractivity contribution in [3.8, 4) is 29.1 Å². The molecule has 0 saturated carbocycles. The third-order valence-electron chi connectivity index (χ3n) is 6.52. The summed E-state index contributed by atoms with van der Waals surface area (Å²) >= 11 is 0. The summed E-state index contributed by atoms with van der Waals surface area (Å²) in [5.74, 6) is 0.947. The Balaban J connectivity index is 2.02. The number of phenolic OH excluding ortho intramolecular Hbond substituents is 1. The second-order valence-electron chi connectivity index (χ2n) is 9.46. The van der Waals surface area contributed by atoms with Gasteiger partial charge in [-0.05, 0) is 29.5 Å². The highest BCUT2D eigenvalue weighted by Gasteiger charge is 2.45. The van der Waals surface area contributed by atoms with Gasteiger partial charge in [0, 0.05) is 29.8 Å². The van der Waals surface area contributed by atoms with Gasteiger partial charge in [0.2, 0.25) is 5.75 Å². The van der Waals surface area contributed by atoms with Crippen LogP contribution in [0.1, 0.15) is 38.2 Å². The molecule has 0 aromatic heterocycles. The number of nitriles is 1. The number of hydrogen-bond donors (Lipinski definition) is 2. The summed E-state index contributed by atoms with van der Waals surface area (Å²) in [6.07, 6.45) is 0.918.